The summed E-state index contributed by atoms with van der Waals surface area (Å²) in [5.74, 6) is 1.66. The number of hydrogen-bond acceptors (Lipinski definition) is 3. The molecule has 0 amide bonds. The molecule has 5 heteroatoms. The molecule has 0 aliphatic rings. The van der Waals surface area contributed by atoms with Crippen LogP contribution < -0.4 is 5.73 Å². The van der Waals surface area contributed by atoms with Crippen LogP contribution in [0.15, 0.2) is 12.4 Å². The van der Waals surface area contributed by atoms with Crippen LogP contribution in [-0.4, -0.2) is 19.3 Å². The third-order valence-electron chi connectivity index (χ3n) is 2.74. The van der Waals surface area contributed by atoms with Gasteiger partial charge in [-0.2, -0.15) is 5.10 Å². The van der Waals surface area contributed by atoms with Crippen molar-refractivity contribution in [2.75, 3.05) is 5.73 Å². The highest BCUT2D eigenvalue weighted by atomic mass is 15.3. The predicted molar refractivity (Wildman–Crippen MR) is 63.9 cm³/mol. The second kappa shape index (κ2) is 4.00. The molecule has 0 unspecified atom stereocenters. The lowest BCUT2D eigenvalue weighted by Gasteiger charge is -2.02. The van der Waals surface area contributed by atoms with Gasteiger partial charge in [-0.05, 0) is 20.8 Å². The van der Waals surface area contributed by atoms with Crippen molar-refractivity contribution in [3.8, 4) is 11.3 Å². The molecule has 2 heterocycles. The van der Waals surface area contributed by atoms with Crippen molar-refractivity contribution in [3.05, 3.63) is 18.2 Å². The fraction of sp³-hybridized carbons (Fsp3) is 0.455. The Kier molecular flexibility index (Phi) is 2.68. The number of nitrogen functional groups attached to an aromatic ring is 1. The van der Waals surface area contributed by atoms with Crippen LogP contribution in [-0.2, 0) is 13.1 Å². The van der Waals surface area contributed by atoms with E-state index in [2.05, 4.69) is 23.9 Å². The maximum Gasteiger partial charge on any atom is 0.131 e. The summed E-state index contributed by atoms with van der Waals surface area (Å²) in [5.41, 5.74) is 7.87. The van der Waals surface area contributed by atoms with Gasteiger partial charge in [-0.25, -0.2) is 4.98 Å². The van der Waals surface area contributed by atoms with Crippen molar-refractivity contribution in [1.82, 2.24) is 19.3 Å². The summed E-state index contributed by atoms with van der Waals surface area (Å²) in [5, 5.41) is 4.23. The van der Waals surface area contributed by atoms with E-state index in [-0.39, 0.29) is 0 Å². The second-order valence-corrected chi connectivity index (χ2v) is 3.72. The van der Waals surface area contributed by atoms with Gasteiger partial charge in [0.05, 0.1) is 6.20 Å². The van der Waals surface area contributed by atoms with Crippen LogP contribution in [0.4, 0.5) is 5.82 Å². The number of anilines is 1. The van der Waals surface area contributed by atoms with Gasteiger partial charge in [0, 0.05) is 24.8 Å². The molecule has 5 nitrogen and oxygen atoms in total. The molecule has 0 aliphatic carbocycles. The first-order valence-electron chi connectivity index (χ1n) is 5.52. The highest BCUT2D eigenvalue weighted by Gasteiger charge is 2.13. The van der Waals surface area contributed by atoms with Crippen LogP contribution in [0.25, 0.3) is 11.3 Å². The van der Waals surface area contributed by atoms with Crippen LogP contribution in [0, 0.1) is 6.92 Å². The first kappa shape index (κ1) is 10.7. The largest absolute Gasteiger partial charge is 0.383 e. The molecule has 0 saturated heterocycles. The molecule has 0 aromatic carbocycles. The van der Waals surface area contributed by atoms with Gasteiger partial charge in [-0.3, -0.25) is 4.68 Å². The third kappa shape index (κ3) is 1.58. The molecule has 2 rings (SSSR count). The Hall–Kier alpha value is -1.78. The van der Waals surface area contributed by atoms with Crippen LogP contribution >= 0.6 is 0 Å². The molecule has 2 N–H and O–H groups in total. The minimum atomic E-state index is 0.718. The zero-order valence-corrected chi connectivity index (χ0v) is 9.94. The van der Waals surface area contributed by atoms with Gasteiger partial charge in [-0.15, -0.1) is 0 Å². The Bertz CT molecular complexity index is 494. The molecule has 86 valence electrons. The Labute approximate surface area is 94.9 Å². The normalized spacial score (nSPS) is 10.9. The number of rotatable bonds is 3. The summed E-state index contributed by atoms with van der Waals surface area (Å²) in [6, 6.07) is 0. The SMILES string of the molecule is CCn1cc(-c2nc(C)n(CC)c2N)cn1. The van der Waals surface area contributed by atoms with Crippen LogP contribution in [0.3, 0.4) is 0 Å². The lowest BCUT2D eigenvalue weighted by Crippen LogP contribution is -2.02. The Morgan fingerprint density at radius 2 is 2.06 bits per heavy atom. The van der Waals surface area contributed by atoms with Gasteiger partial charge in [0.2, 0.25) is 0 Å². The molecular weight excluding hydrogens is 202 g/mol. The molecule has 0 radical (unpaired) electrons. The minimum absolute atomic E-state index is 0.718. The first-order chi connectivity index (χ1) is 7.67. The molecule has 0 saturated carbocycles. The van der Waals surface area contributed by atoms with Crippen molar-refractivity contribution >= 4 is 5.82 Å². The van der Waals surface area contributed by atoms with Gasteiger partial charge >= 0.3 is 0 Å². The van der Waals surface area contributed by atoms with Crippen molar-refractivity contribution in [2.24, 2.45) is 0 Å². The predicted octanol–water partition coefficient (Wildman–Crippen LogP) is 1.68. The van der Waals surface area contributed by atoms with Gasteiger partial charge in [0.25, 0.3) is 0 Å². The van der Waals surface area contributed by atoms with Gasteiger partial charge < -0.3 is 10.3 Å². The average molecular weight is 219 g/mol. The quantitative estimate of drug-likeness (QED) is 0.854. The molecule has 0 aliphatic heterocycles. The van der Waals surface area contributed by atoms with E-state index in [0.29, 0.717) is 0 Å². The molecule has 2 aromatic rings. The number of aromatic nitrogens is 4. The first-order valence-corrected chi connectivity index (χ1v) is 5.52. The maximum atomic E-state index is 6.06. The zero-order chi connectivity index (χ0) is 11.7. The monoisotopic (exact) mass is 219 g/mol. The third-order valence-corrected chi connectivity index (χ3v) is 2.74. The Balaban J connectivity index is 2.47. The zero-order valence-electron chi connectivity index (χ0n) is 9.94. The summed E-state index contributed by atoms with van der Waals surface area (Å²) >= 11 is 0. The number of aryl methyl sites for hydroxylation is 2. The summed E-state index contributed by atoms with van der Waals surface area (Å²) in [6.07, 6.45) is 3.78. The van der Waals surface area contributed by atoms with Crippen molar-refractivity contribution in [2.45, 2.75) is 33.9 Å². The minimum Gasteiger partial charge on any atom is -0.383 e. The van der Waals surface area contributed by atoms with E-state index in [1.807, 2.05) is 28.6 Å². The number of imidazole rings is 1. The second-order valence-electron chi connectivity index (χ2n) is 3.72. The highest BCUT2D eigenvalue weighted by Crippen LogP contribution is 2.25. The highest BCUT2D eigenvalue weighted by molar-refractivity contribution is 5.69. The summed E-state index contributed by atoms with van der Waals surface area (Å²) in [6.45, 7) is 7.77. The lowest BCUT2D eigenvalue weighted by molar-refractivity contribution is 0.660. The van der Waals surface area contributed by atoms with Crippen molar-refractivity contribution in [1.29, 1.82) is 0 Å². The van der Waals surface area contributed by atoms with Crippen molar-refractivity contribution < 1.29 is 0 Å². The fourth-order valence-electron chi connectivity index (χ4n) is 1.85. The summed E-state index contributed by atoms with van der Waals surface area (Å²) < 4.78 is 3.87. The molecule has 2 aromatic heterocycles. The van der Waals surface area contributed by atoms with Gasteiger partial charge in [0.15, 0.2) is 0 Å². The molecule has 16 heavy (non-hydrogen) atoms. The average Bonchev–Trinajstić information content (AvgIpc) is 2.83. The fourth-order valence-corrected chi connectivity index (χ4v) is 1.85. The van der Waals surface area contributed by atoms with E-state index in [0.717, 1.165) is 36.0 Å². The van der Waals surface area contributed by atoms with Crippen LogP contribution in [0.5, 0.6) is 0 Å². The summed E-state index contributed by atoms with van der Waals surface area (Å²) in [4.78, 5) is 4.48. The van der Waals surface area contributed by atoms with E-state index in [1.54, 1.807) is 0 Å². The molecule has 0 atom stereocenters. The maximum absolute atomic E-state index is 6.06. The van der Waals surface area contributed by atoms with E-state index >= 15 is 0 Å². The number of hydrogen-bond donors (Lipinski definition) is 1. The summed E-state index contributed by atoms with van der Waals surface area (Å²) in [7, 11) is 0. The lowest BCUT2D eigenvalue weighted by atomic mass is 10.2. The van der Waals surface area contributed by atoms with E-state index < -0.39 is 0 Å². The standard InChI is InChI=1S/C11H17N5/c1-4-15-7-9(6-13-15)10-11(12)16(5-2)8(3)14-10/h6-7H,4-5,12H2,1-3H3. The smallest absolute Gasteiger partial charge is 0.131 e. The van der Waals surface area contributed by atoms with Crippen LogP contribution in [0.1, 0.15) is 19.7 Å². The molecule has 0 fully saturated rings. The van der Waals surface area contributed by atoms with Gasteiger partial charge in [0.1, 0.15) is 17.3 Å². The molecule has 0 bridgehead atoms. The topological polar surface area (TPSA) is 61.7 Å². The number of nitrogens with two attached hydrogens (primary N) is 1. The van der Waals surface area contributed by atoms with Crippen LogP contribution in [0.2, 0.25) is 0 Å². The number of nitrogens with zero attached hydrogens (tertiary/aromatic N) is 4. The Morgan fingerprint density at radius 1 is 1.31 bits per heavy atom. The van der Waals surface area contributed by atoms with Crippen molar-refractivity contribution in [3.63, 3.8) is 0 Å². The molecule has 0 spiro atoms. The van der Waals surface area contributed by atoms with Gasteiger partial charge in [-0.1, -0.05) is 0 Å². The van der Waals surface area contributed by atoms with E-state index in [1.165, 1.54) is 0 Å². The Morgan fingerprint density at radius 3 is 2.56 bits per heavy atom. The molecular formula is C11H17N5. The van der Waals surface area contributed by atoms with E-state index in [9.17, 15) is 0 Å². The van der Waals surface area contributed by atoms with E-state index in [4.69, 9.17) is 5.73 Å².